The second-order valence-electron chi connectivity index (χ2n) is 11.2. The third-order valence-corrected chi connectivity index (χ3v) is 9.75. The first-order valence-electron chi connectivity index (χ1n) is 12.3. The summed E-state index contributed by atoms with van der Waals surface area (Å²) in [6.07, 6.45) is 9.89. The van der Waals surface area contributed by atoms with E-state index >= 15 is 0 Å². The fourth-order valence-electron chi connectivity index (χ4n) is 8.15. The first kappa shape index (κ1) is 21.6. The van der Waals surface area contributed by atoms with Crippen LogP contribution in [0.5, 0.6) is 0 Å². The van der Waals surface area contributed by atoms with Gasteiger partial charge in [-0.15, -0.1) is 0 Å². The molecule has 0 bridgehead atoms. The molecule has 168 valence electrons. The molecule has 1 heterocycles. The minimum Gasteiger partial charge on any atom is -0.404 e. The van der Waals surface area contributed by atoms with Gasteiger partial charge >= 0.3 is 7.12 Å². The molecule has 31 heavy (non-hydrogen) atoms. The normalized spacial score (nSPS) is 44.7. The SMILES string of the molecule is CCCCB1OCC(=O)[C@]2(CC[C@H]3[C@@H]4CCC5=CC(=O)CC[C@]5(C)[C@H]4C(=O)C[C@@]32C)O1. The van der Waals surface area contributed by atoms with Gasteiger partial charge in [0, 0.05) is 24.2 Å². The highest BCUT2D eigenvalue weighted by Crippen LogP contribution is 2.67. The van der Waals surface area contributed by atoms with Crippen LogP contribution in [0.25, 0.3) is 0 Å². The van der Waals surface area contributed by atoms with E-state index in [1.165, 1.54) is 5.57 Å². The Morgan fingerprint density at radius 3 is 2.71 bits per heavy atom. The third-order valence-electron chi connectivity index (χ3n) is 9.75. The van der Waals surface area contributed by atoms with Crippen molar-refractivity contribution in [3.63, 3.8) is 0 Å². The quantitative estimate of drug-likeness (QED) is 0.628. The number of carbonyl (C=O) groups excluding carboxylic acids is 3. The number of fused-ring (bicyclic) bond motifs is 6. The van der Waals surface area contributed by atoms with E-state index in [0.29, 0.717) is 25.2 Å². The first-order valence-corrected chi connectivity index (χ1v) is 12.3. The van der Waals surface area contributed by atoms with Crippen LogP contribution in [0, 0.1) is 28.6 Å². The van der Waals surface area contributed by atoms with Crippen molar-refractivity contribution >= 4 is 24.5 Å². The predicted octanol–water partition coefficient (Wildman–Crippen LogP) is 4.34. The summed E-state index contributed by atoms with van der Waals surface area (Å²) >= 11 is 0. The maximum Gasteiger partial charge on any atom is 0.457 e. The molecule has 6 atom stereocenters. The van der Waals surface area contributed by atoms with Crippen molar-refractivity contribution in [2.45, 2.75) is 90.5 Å². The van der Waals surface area contributed by atoms with Crippen LogP contribution in [0.4, 0.5) is 0 Å². The Balaban J connectivity index is 1.48. The van der Waals surface area contributed by atoms with Gasteiger partial charge in [0.15, 0.2) is 11.6 Å². The molecule has 3 saturated carbocycles. The zero-order valence-electron chi connectivity index (χ0n) is 19.2. The summed E-state index contributed by atoms with van der Waals surface area (Å²) in [4.78, 5) is 39.1. The summed E-state index contributed by atoms with van der Waals surface area (Å²) in [6, 6.07) is 0. The second-order valence-corrected chi connectivity index (χ2v) is 11.2. The van der Waals surface area contributed by atoms with Crippen LogP contribution < -0.4 is 0 Å². The fraction of sp³-hybridized carbons (Fsp3) is 0.800. The van der Waals surface area contributed by atoms with Gasteiger partial charge in [-0.05, 0) is 61.8 Å². The number of Topliss-reactive ketones (excluding diaryl/α,β-unsaturated/α-hetero) is 2. The highest BCUT2D eigenvalue weighted by molar-refractivity contribution is 6.46. The summed E-state index contributed by atoms with van der Waals surface area (Å²) in [5.41, 5.74) is -0.352. The van der Waals surface area contributed by atoms with Crippen molar-refractivity contribution in [1.29, 1.82) is 0 Å². The standard InChI is InChI=1S/C25H35BO5/c1-4-5-12-26-30-15-21(29)25(31-26)11-9-19-18-7-6-16-13-17(27)8-10-23(16,2)22(18)20(28)14-24(19,25)3/h13,18-19,22H,4-12,14-15H2,1-3H3/t18-,19-,22+,23-,24-,25-/m0/s1. The van der Waals surface area contributed by atoms with Crippen LogP contribution in [0.1, 0.15) is 78.6 Å². The number of hydrogen-bond donors (Lipinski definition) is 0. The van der Waals surface area contributed by atoms with Gasteiger partial charge in [0.2, 0.25) is 0 Å². The molecule has 6 heteroatoms. The van der Waals surface area contributed by atoms with Gasteiger partial charge in [-0.3, -0.25) is 14.4 Å². The lowest BCUT2D eigenvalue weighted by molar-refractivity contribution is -0.174. The Bertz CT molecular complexity index is 851. The zero-order valence-corrected chi connectivity index (χ0v) is 19.2. The van der Waals surface area contributed by atoms with Gasteiger partial charge in [0.25, 0.3) is 0 Å². The average Bonchev–Trinajstić information content (AvgIpc) is 3.01. The van der Waals surface area contributed by atoms with E-state index in [1.54, 1.807) is 0 Å². The van der Waals surface area contributed by atoms with E-state index < -0.39 is 11.0 Å². The molecule has 5 rings (SSSR count). The molecule has 5 aliphatic rings. The smallest absolute Gasteiger partial charge is 0.404 e. The highest BCUT2D eigenvalue weighted by atomic mass is 16.6. The van der Waals surface area contributed by atoms with Crippen LogP contribution in [0.3, 0.4) is 0 Å². The van der Waals surface area contributed by atoms with Gasteiger partial charge in [-0.1, -0.05) is 39.2 Å². The number of hydrogen-bond acceptors (Lipinski definition) is 5. The highest BCUT2D eigenvalue weighted by Gasteiger charge is 2.70. The predicted molar refractivity (Wildman–Crippen MR) is 117 cm³/mol. The van der Waals surface area contributed by atoms with Gasteiger partial charge in [0.05, 0.1) is 6.61 Å². The van der Waals surface area contributed by atoms with E-state index in [0.717, 1.165) is 44.8 Å². The molecule has 4 aliphatic carbocycles. The molecule has 5 nitrogen and oxygen atoms in total. The van der Waals surface area contributed by atoms with Gasteiger partial charge in [-0.2, -0.15) is 0 Å². The van der Waals surface area contributed by atoms with Crippen LogP contribution in [-0.4, -0.2) is 36.7 Å². The number of carbonyl (C=O) groups is 3. The molecule has 0 unspecified atom stereocenters. The van der Waals surface area contributed by atoms with Crippen molar-refractivity contribution in [3.8, 4) is 0 Å². The van der Waals surface area contributed by atoms with Crippen LogP contribution >= 0.6 is 0 Å². The largest absolute Gasteiger partial charge is 0.457 e. The zero-order chi connectivity index (χ0) is 22.0. The average molecular weight is 426 g/mol. The molecule has 1 saturated heterocycles. The van der Waals surface area contributed by atoms with E-state index in [-0.39, 0.29) is 48.3 Å². The Hall–Kier alpha value is -1.27. The molecule has 0 amide bonds. The summed E-state index contributed by atoms with van der Waals surface area (Å²) in [6.45, 7) is 6.61. The summed E-state index contributed by atoms with van der Waals surface area (Å²) in [5.74, 6) is 1.06. The molecule has 4 fully saturated rings. The van der Waals surface area contributed by atoms with Crippen molar-refractivity contribution in [2.24, 2.45) is 28.6 Å². The van der Waals surface area contributed by atoms with Crippen molar-refractivity contribution in [3.05, 3.63) is 11.6 Å². The lowest BCUT2D eigenvalue weighted by Crippen LogP contribution is -2.65. The van der Waals surface area contributed by atoms with Crippen molar-refractivity contribution in [1.82, 2.24) is 0 Å². The Morgan fingerprint density at radius 1 is 1.13 bits per heavy atom. The summed E-state index contributed by atoms with van der Waals surface area (Å²) < 4.78 is 12.3. The lowest BCUT2D eigenvalue weighted by atomic mass is 9.45. The molecule has 0 aromatic rings. The van der Waals surface area contributed by atoms with Gasteiger partial charge < -0.3 is 9.31 Å². The van der Waals surface area contributed by atoms with Gasteiger partial charge in [0.1, 0.15) is 11.4 Å². The first-order chi connectivity index (χ1) is 14.7. The molecule has 0 aromatic carbocycles. The maximum atomic E-state index is 13.8. The summed E-state index contributed by atoms with van der Waals surface area (Å²) in [5, 5.41) is 0. The van der Waals surface area contributed by atoms with Crippen LogP contribution in [-0.2, 0) is 23.7 Å². The molecular formula is C25H35BO5. The third kappa shape index (κ3) is 2.93. The van der Waals surface area contributed by atoms with Crippen molar-refractivity contribution < 1.29 is 23.7 Å². The number of ketones is 3. The van der Waals surface area contributed by atoms with E-state index in [2.05, 4.69) is 20.8 Å². The van der Waals surface area contributed by atoms with Crippen LogP contribution in [0.15, 0.2) is 11.6 Å². The second kappa shape index (κ2) is 7.38. The molecular weight excluding hydrogens is 391 g/mol. The number of allylic oxidation sites excluding steroid dienone is 1. The van der Waals surface area contributed by atoms with Crippen molar-refractivity contribution in [2.75, 3.05) is 6.61 Å². The number of rotatable bonds is 3. The monoisotopic (exact) mass is 426 g/mol. The van der Waals surface area contributed by atoms with Gasteiger partial charge in [-0.25, -0.2) is 0 Å². The van der Waals surface area contributed by atoms with Crippen LogP contribution in [0.2, 0.25) is 6.32 Å². The van der Waals surface area contributed by atoms with E-state index in [4.69, 9.17) is 9.31 Å². The summed E-state index contributed by atoms with van der Waals surface area (Å²) in [7, 11) is -0.344. The lowest BCUT2D eigenvalue weighted by Gasteiger charge is -2.59. The maximum absolute atomic E-state index is 13.8. The minimum absolute atomic E-state index is 0.0281. The van der Waals surface area contributed by atoms with E-state index in [9.17, 15) is 14.4 Å². The Morgan fingerprint density at radius 2 is 1.94 bits per heavy atom. The molecule has 0 N–H and O–H groups in total. The molecule has 0 radical (unpaired) electrons. The molecule has 1 aliphatic heterocycles. The minimum atomic E-state index is -0.880. The number of unbranched alkanes of at least 4 members (excludes halogenated alkanes) is 1. The molecule has 0 aromatic heterocycles. The van der Waals surface area contributed by atoms with E-state index in [1.807, 2.05) is 6.08 Å². The Kier molecular flexibility index (Phi) is 5.13. The fourth-order valence-corrected chi connectivity index (χ4v) is 8.15. The molecule has 1 spiro atoms. The topological polar surface area (TPSA) is 69.7 Å². The Labute approximate surface area is 185 Å².